The maximum Gasteiger partial charge on any atom is 0.321 e. The lowest BCUT2D eigenvalue weighted by Crippen LogP contribution is -2.50. The number of amides is 2. The zero-order valence-corrected chi connectivity index (χ0v) is 21.9. The van der Waals surface area contributed by atoms with E-state index in [4.69, 9.17) is 14.5 Å². The first-order valence-corrected chi connectivity index (χ1v) is 13.1. The lowest BCUT2D eigenvalue weighted by Gasteiger charge is -2.35. The number of urea groups is 1. The van der Waals surface area contributed by atoms with Crippen LogP contribution in [-0.2, 0) is 4.74 Å². The van der Waals surface area contributed by atoms with Crippen LogP contribution in [0.15, 0.2) is 60.8 Å². The van der Waals surface area contributed by atoms with Crippen molar-refractivity contribution < 1.29 is 14.3 Å². The Kier molecular flexibility index (Phi) is 8.20. The number of piperazine rings is 1. The molecule has 2 aromatic carbocycles. The number of anilines is 4. The summed E-state index contributed by atoms with van der Waals surface area (Å²) in [6.07, 6.45) is 1.95. The predicted molar refractivity (Wildman–Crippen MR) is 148 cm³/mol. The Morgan fingerprint density at radius 2 is 1.76 bits per heavy atom. The molecule has 0 saturated carbocycles. The average Bonchev–Trinajstić information content (AvgIpc) is 2.95. The molecule has 0 radical (unpaired) electrons. The summed E-state index contributed by atoms with van der Waals surface area (Å²) >= 11 is 0. The second-order valence-corrected chi connectivity index (χ2v) is 9.64. The molecule has 10 heteroatoms. The summed E-state index contributed by atoms with van der Waals surface area (Å²) < 4.78 is 11.5. The fourth-order valence-electron chi connectivity index (χ4n) is 4.51. The molecule has 3 heterocycles. The molecule has 10 nitrogen and oxygen atoms in total. The van der Waals surface area contributed by atoms with Crippen LogP contribution in [0.25, 0.3) is 0 Å². The van der Waals surface area contributed by atoms with Gasteiger partial charge in [-0.1, -0.05) is 12.1 Å². The predicted octanol–water partition coefficient (Wildman–Crippen LogP) is 4.02. The van der Waals surface area contributed by atoms with Crippen LogP contribution in [-0.4, -0.2) is 72.9 Å². The van der Waals surface area contributed by atoms with Gasteiger partial charge in [0.15, 0.2) is 0 Å². The van der Waals surface area contributed by atoms with Gasteiger partial charge in [-0.15, -0.1) is 0 Å². The van der Waals surface area contributed by atoms with E-state index in [1.54, 1.807) is 6.20 Å². The van der Waals surface area contributed by atoms with Crippen molar-refractivity contribution >= 4 is 29.2 Å². The van der Waals surface area contributed by atoms with Crippen LogP contribution >= 0.6 is 0 Å². The van der Waals surface area contributed by atoms with Crippen LogP contribution in [0.2, 0.25) is 0 Å². The van der Waals surface area contributed by atoms with E-state index in [0.717, 1.165) is 48.2 Å². The number of benzene rings is 2. The number of nitrogens with one attached hydrogen (secondary N) is 3. The lowest BCUT2D eigenvalue weighted by atomic mass is 10.1. The molecule has 5 rings (SSSR count). The van der Waals surface area contributed by atoms with Crippen LogP contribution in [0.3, 0.4) is 0 Å². The van der Waals surface area contributed by atoms with Crippen LogP contribution in [0.5, 0.6) is 5.75 Å². The number of morpholine rings is 1. The Morgan fingerprint density at radius 1 is 1.03 bits per heavy atom. The van der Waals surface area contributed by atoms with Crippen molar-refractivity contribution in [1.82, 2.24) is 20.2 Å². The Bertz CT molecular complexity index is 1190. The van der Waals surface area contributed by atoms with Gasteiger partial charge in [0.25, 0.3) is 0 Å². The fraction of sp³-hybridized carbons (Fsp3) is 0.393. The summed E-state index contributed by atoms with van der Waals surface area (Å²) in [5.74, 6) is 2.16. The molecule has 0 aliphatic carbocycles. The third-order valence-electron chi connectivity index (χ3n) is 6.48. The van der Waals surface area contributed by atoms with Gasteiger partial charge in [-0.3, -0.25) is 0 Å². The summed E-state index contributed by atoms with van der Waals surface area (Å²) in [6.45, 7) is 9.01. The molecule has 0 spiro atoms. The SMILES string of the molecule is CC(C)Oc1ccc(NC(=O)N2CCN(c3ccnc(Nc4ccc(C5CNCCO5)cc4)n3)CC2)cc1. The van der Waals surface area contributed by atoms with E-state index in [1.807, 2.05) is 61.2 Å². The van der Waals surface area contributed by atoms with Crippen LogP contribution in [0.4, 0.5) is 27.9 Å². The highest BCUT2D eigenvalue weighted by molar-refractivity contribution is 5.89. The third kappa shape index (κ3) is 6.70. The Hall–Kier alpha value is -3.89. The molecule has 1 unspecified atom stereocenters. The van der Waals surface area contributed by atoms with E-state index >= 15 is 0 Å². The topological polar surface area (TPSA) is 104 Å². The second kappa shape index (κ2) is 12.1. The Balaban J connectivity index is 1.12. The molecule has 2 saturated heterocycles. The normalized spacial score (nSPS) is 17.8. The molecule has 2 fully saturated rings. The molecule has 2 aliphatic rings. The van der Waals surface area contributed by atoms with Crippen molar-refractivity contribution in [2.45, 2.75) is 26.1 Å². The van der Waals surface area contributed by atoms with Crippen molar-refractivity contribution in [1.29, 1.82) is 0 Å². The first-order valence-electron chi connectivity index (χ1n) is 13.1. The Labute approximate surface area is 223 Å². The van der Waals surface area contributed by atoms with E-state index in [1.165, 1.54) is 0 Å². The largest absolute Gasteiger partial charge is 0.491 e. The molecule has 2 amide bonds. The molecule has 1 aromatic heterocycles. The minimum Gasteiger partial charge on any atom is -0.491 e. The van der Waals surface area contributed by atoms with E-state index in [0.29, 0.717) is 32.1 Å². The number of ether oxygens (including phenoxy) is 2. The number of carbonyl (C=O) groups is 1. The van der Waals surface area contributed by atoms with Gasteiger partial charge in [-0.2, -0.15) is 4.98 Å². The van der Waals surface area contributed by atoms with Crippen molar-refractivity contribution in [3.8, 4) is 5.75 Å². The molecule has 3 N–H and O–H groups in total. The zero-order chi connectivity index (χ0) is 26.3. The number of carbonyl (C=O) groups excluding carboxylic acids is 1. The number of hydrogen-bond donors (Lipinski definition) is 3. The molecule has 2 aliphatic heterocycles. The van der Waals surface area contributed by atoms with E-state index in [-0.39, 0.29) is 18.2 Å². The Morgan fingerprint density at radius 3 is 2.45 bits per heavy atom. The monoisotopic (exact) mass is 517 g/mol. The standard InChI is InChI=1S/C28H35N7O3/c1-20(2)38-24-9-7-23(8-10-24)32-28(36)35-16-14-34(15-17-35)26-11-12-30-27(33-26)31-22-5-3-21(4-6-22)25-19-29-13-18-37-25/h3-12,20,25,29H,13-19H2,1-2H3,(H,32,36)(H,30,31,33). The molecule has 200 valence electrons. The molecule has 38 heavy (non-hydrogen) atoms. The minimum absolute atomic E-state index is 0.0861. The summed E-state index contributed by atoms with van der Waals surface area (Å²) in [6, 6.07) is 17.4. The molecule has 1 atom stereocenters. The first-order chi connectivity index (χ1) is 18.5. The lowest BCUT2D eigenvalue weighted by molar-refractivity contribution is 0.0277. The van der Waals surface area contributed by atoms with Gasteiger partial charge in [0.1, 0.15) is 11.6 Å². The number of nitrogens with zero attached hydrogens (tertiary/aromatic N) is 4. The van der Waals surface area contributed by atoms with Gasteiger partial charge < -0.3 is 35.2 Å². The third-order valence-corrected chi connectivity index (χ3v) is 6.48. The summed E-state index contributed by atoms with van der Waals surface area (Å²) in [5, 5.41) is 9.62. The van der Waals surface area contributed by atoms with Crippen molar-refractivity contribution in [3.63, 3.8) is 0 Å². The number of hydrogen-bond acceptors (Lipinski definition) is 8. The molecule has 3 aromatic rings. The summed E-state index contributed by atoms with van der Waals surface area (Å²) in [7, 11) is 0. The quantitative estimate of drug-likeness (QED) is 0.432. The molecular formula is C28H35N7O3. The van der Waals surface area contributed by atoms with Gasteiger partial charge >= 0.3 is 6.03 Å². The highest BCUT2D eigenvalue weighted by Crippen LogP contribution is 2.23. The summed E-state index contributed by atoms with van der Waals surface area (Å²) in [5.41, 5.74) is 2.81. The van der Waals surface area contributed by atoms with E-state index < -0.39 is 0 Å². The number of rotatable bonds is 7. The highest BCUT2D eigenvalue weighted by atomic mass is 16.5. The van der Waals surface area contributed by atoms with E-state index in [9.17, 15) is 4.79 Å². The number of aromatic nitrogens is 2. The van der Waals surface area contributed by atoms with Crippen molar-refractivity contribution in [2.24, 2.45) is 0 Å². The maximum atomic E-state index is 12.8. The molecule has 0 bridgehead atoms. The average molecular weight is 518 g/mol. The van der Waals surface area contributed by atoms with Gasteiger partial charge in [-0.05, 0) is 61.9 Å². The zero-order valence-electron chi connectivity index (χ0n) is 21.9. The minimum atomic E-state index is -0.106. The first kappa shape index (κ1) is 25.7. The molecular weight excluding hydrogens is 482 g/mol. The van der Waals surface area contributed by atoms with Gasteiger partial charge in [-0.25, -0.2) is 9.78 Å². The van der Waals surface area contributed by atoms with Gasteiger partial charge in [0.05, 0.1) is 18.8 Å². The van der Waals surface area contributed by atoms with Gasteiger partial charge in [0.2, 0.25) is 5.95 Å². The van der Waals surface area contributed by atoms with Crippen molar-refractivity contribution in [2.75, 3.05) is 61.4 Å². The van der Waals surface area contributed by atoms with Crippen LogP contribution in [0, 0.1) is 0 Å². The van der Waals surface area contributed by atoms with Crippen LogP contribution < -0.4 is 25.6 Å². The summed E-state index contributed by atoms with van der Waals surface area (Å²) in [4.78, 5) is 25.9. The van der Waals surface area contributed by atoms with Crippen molar-refractivity contribution in [3.05, 3.63) is 66.4 Å². The van der Waals surface area contributed by atoms with Crippen LogP contribution in [0.1, 0.15) is 25.5 Å². The smallest absolute Gasteiger partial charge is 0.321 e. The fourth-order valence-corrected chi connectivity index (χ4v) is 4.51. The highest BCUT2D eigenvalue weighted by Gasteiger charge is 2.22. The van der Waals surface area contributed by atoms with Gasteiger partial charge in [0, 0.05) is 56.8 Å². The van der Waals surface area contributed by atoms with E-state index in [2.05, 4.69) is 38.0 Å². The second-order valence-electron chi connectivity index (χ2n) is 9.64. The maximum absolute atomic E-state index is 12.8.